The summed E-state index contributed by atoms with van der Waals surface area (Å²) in [4.78, 5) is 24.4. The number of unbranched alkanes of at least 4 members (excludes halogenated alkanes) is 33. The van der Waals surface area contributed by atoms with Crippen molar-refractivity contribution in [1.29, 1.82) is 0 Å². The van der Waals surface area contributed by atoms with Gasteiger partial charge in [0.15, 0.2) is 0 Å². The van der Waals surface area contributed by atoms with E-state index in [0.29, 0.717) is 19.4 Å². The molecule has 0 aromatic heterocycles. The minimum atomic E-state index is -0.857. The third-order valence-corrected chi connectivity index (χ3v) is 11.1. The number of hydrogen-bond donors (Lipinski definition) is 3. The van der Waals surface area contributed by atoms with E-state index in [4.69, 9.17) is 4.74 Å². The van der Waals surface area contributed by atoms with E-state index in [2.05, 4.69) is 19.2 Å². The van der Waals surface area contributed by atoms with Crippen LogP contribution in [0.2, 0.25) is 0 Å². The molecule has 0 radical (unpaired) electrons. The van der Waals surface area contributed by atoms with Crippen LogP contribution in [0.1, 0.15) is 258 Å². The Hall–Kier alpha value is -1.40. The zero-order valence-corrected chi connectivity index (χ0v) is 36.2. The quantitative estimate of drug-likeness (QED) is 0.0326. The van der Waals surface area contributed by atoms with Gasteiger partial charge in [-0.25, -0.2) is 0 Å². The number of nitrogens with one attached hydrogen (secondary N) is 1. The lowest BCUT2D eigenvalue weighted by molar-refractivity contribution is -0.143. The van der Waals surface area contributed by atoms with Gasteiger partial charge in [0.1, 0.15) is 0 Å². The molecule has 0 aliphatic rings. The summed E-state index contributed by atoms with van der Waals surface area (Å²) in [5.41, 5.74) is 0. The maximum atomic E-state index is 12.4. The second kappa shape index (κ2) is 44.3. The molecule has 1 amide bonds. The van der Waals surface area contributed by atoms with Crippen LogP contribution in [0, 0.1) is 0 Å². The lowest BCUT2D eigenvalue weighted by Gasteiger charge is -2.20. The van der Waals surface area contributed by atoms with E-state index in [1.807, 2.05) is 6.08 Å². The lowest BCUT2D eigenvalue weighted by atomic mass is 10.0. The molecule has 2 atom stereocenters. The van der Waals surface area contributed by atoms with Crippen molar-refractivity contribution >= 4 is 11.9 Å². The fourth-order valence-corrected chi connectivity index (χ4v) is 7.34. The fourth-order valence-electron chi connectivity index (χ4n) is 7.34. The number of amides is 1. The van der Waals surface area contributed by atoms with E-state index < -0.39 is 12.1 Å². The number of carbonyl (C=O) groups excluding carboxylic acids is 2. The molecule has 0 spiro atoms. The van der Waals surface area contributed by atoms with Gasteiger partial charge in [-0.15, -0.1) is 0 Å². The van der Waals surface area contributed by atoms with E-state index in [-0.39, 0.29) is 18.5 Å². The Kier molecular flexibility index (Phi) is 43.2. The molecule has 6 nitrogen and oxygen atoms in total. The molecule has 0 bridgehead atoms. The Labute approximate surface area is 336 Å². The molecule has 0 aliphatic heterocycles. The molecule has 0 heterocycles. The number of hydrogen-bond acceptors (Lipinski definition) is 5. The van der Waals surface area contributed by atoms with Crippen LogP contribution in [0.25, 0.3) is 0 Å². The van der Waals surface area contributed by atoms with E-state index in [9.17, 15) is 19.8 Å². The first-order valence-electron chi connectivity index (χ1n) is 24.0. The van der Waals surface area contributed by atoms with Gasteiger partial charge in [0.25, 0.3) is 0 Å². The van der Waals surface area contributed by atoms with Crippen LogP contribution < -0.4 is 5.32 Å². The zero-order valence-electron chi connectivity index (χ0n) is 36.2. The van der Waals surface area contributed by atoms with Crippen molar-refractivity contribution in [2.24, 2.45) is 0 Å². The first-order chi connectivity index (χ1) is 26.5. The maximum absolute atomic E-state index is 12.4. The number of rotatable bonds is 44. The first-order valence-corrected chi connectivity index (χ1v) is 24.0. The van der Waals surface area contributed by atoms with Crippen molar-refractivity contribution in [2.45, 2.75) is 270 Å². The molecule has 6 heteroatoms. The van der Waals surface area contributed by atoms with E-state index >= 15 is 0 Å². The third-order valence-electron chi connectivity index (χ3n) is 11.1. The van der Waals surface area contributed by atoms with Crippen molar-refractivity contribution in [2.75, 3.05) is 13.2 Å². The van der Waals surface area contributed by atoms with Crippen LogP contribution in [-0.4, -0.2) is 47.4 Å². The average Bonchev–Trinajstić information content (AvgIpc) is 3.17. The molecule has 0 saturated heterocycles. The zero-order chi connectivity index (χ0) is 39.4. The highest BCUT2D eigenvalue weighted by atomic mass is 16.5. The number of allylic oxidation sites excluding steroid dienone is 1. The van der Waals surface area contributed by atoms with Gasteiger partial charge in [0.2, 0.25) is 5.91 Å². The van der Waals surface area contributed by atoms with Crippen molar-refractivity contribution in [3.05, 3.63) is 12.2 Å². The van der Waals surface area contributed by atoms with E-state index in [0.717, 1.165) is 57.8 Å². The van der Waals surface area contributed by atoms with Crippen LogP contribution in [0.15, 0.2) is 12.2 Å². The molecule has 0 saturated carbocycles. The normalized spacial score (nSPS) is 12.7. The van der Waals surface area contributed by atoms with E-state index in [1.165, 1.54) is 173 Å². The number of esters is 1. The number of aliphatic hydroxyl groups is 2. The Morgan fingerprint density at radius 2 is 0.852 bits per heavy atom. The van der Waals surface area contributed by atoms with Gasteiger partial charge in [0, 0.05) is 12.8 Å². The first kappa shape index (κ1) is 52.6. The predicted octanol–water partition coefficient (Wildman–Crippen LogP) is 13.8. The highest BCUT2D eigenvalue weighted by molar-refractivity contribution is 5.76. The summed E-state index contributed by atoms with van der Waals surface area (Å²) in [6, 6.07) is -0.642. The second-order valence-corrected chi connectivity index (χ2v) is 16.5. The van der Waals surface area contributed by atoms with Crippen molar-refractivity contribution in [3.8, 4) is 0 Å². The number of aliphatic hydroxyl groups excluding tert-OH is 2. The second-order valence-electron chi connectivity index (χ2n) is 16.5. The molecular formula is C48H93NO5. The standard InChI is InChI=1S/C48H93NO5/c1-3-5-7-9-11-13-15-16-17-18-19-21-24-28-32-36-40-46(51)45(44-50)49-47(52)41-37-33-29-25-22-23-27-31-35-39-43-54-48(53)42-38-34-30-26-20-14-12-10-8-6-4-2/h36,40,45-46,50-51H,3-35,37-39,41-44H2,1-2H3,(H,49,52)/b40-36+. The van der Waals surface area contributed by atoms with E-state index in [1.54, 1.807) is 6.08 Å². The van der Waals surface area contributed by atoms with Crippen LogP contribution in [0.5, 0.6) is 0 Å². The van der Waals surface area contributed by atoms with Gasteiger partial charge in [-0.1, -0.05) is 225 Å². The van der Waals surface area contributed by atoms with Gasteiger partial charge in [-0.3, -0.25) is 9.59 Å². The Balaban J connectivity index is 3.53. The van der Waals surface area contributed by atoms with Gasteiger partial charge in [0.05, 0.1) is 25.4 Å². The molecule has 0 aliphatic carbocycles. The van der Waals surface area contributed by atoms with Gasteiger partial charge in [-0.2, -0.15) is 0 Å². The Morgan fingerprint density at radius 1 is 0.500 bits per heavy atom. The number of carbonyl (C=O) groups is 2. The van der Waals surface area contributed by atoms with Gasteiger partial charge in [-0.05, 0) is 32.1 Å². The van der Waals surface area contributed by atoms with Gasteiger partial charge < -0.3 is 20.3 Å². The highest BCUT2D eigenvalue weighted by Gasteiger charge is 2.18. The summed E-state index contributed by atoms with van der Waals surface area (Å²) < 4.78 is 5.43. The summed E-state index contributed by atoms with van der Waals surface area (Å²) in [5.74, 6) is -0.111. The SMILES string of the molecule is CCCCCCCCCCCCCCCC/C=C/C(O)C(CO)NC(=O)CCCCCCCCCCCCOC(=O)CCCCCCCCCCCCC. The lowest BCUT2D eigenvalue weighted by Crippen LogP contribution is -2.45. The molecule has 2 unspecified atom stereocenters. The number of ether oxygens (including phenoxy) is 1. The molecular weight excluding hydrogens is 671 g/mol. The maximum Gasteiger partial charge on any atom is 0.305 e. The third kappa shape index (κ3) is 40.3. The molecule has 54 heavy (non-hydrogen) atoms. The minimum absolute atomic E-state index is 0.0212. The topological polar surface area (TPSA) is 95.9 Å². The van der Waals surface area contributed by atoms with Crippen LogP contribution in [0.3, 0.4) is 0 Å². The van der Waals surface area contributed by atoms with Crippen LogP contribution >= 0.6 is 0 Å². The van der Waals surface area contributed by atoms with Crippen molar-refractivity contribution in [1.82, 2.24) is 5.32 Å². The smallest absolute Gasteiger partial charge is 0.305 e. The van der Waals surface area contributed by atoms with Crippen molar-refractivity contribution in [3.63, 3.8) is 0 Å². The summed E-state index contributed by atoms with van der Waals surface area (Å²) in [7, 11) is 0. The van der Waals surface area contributed by atoms with Gasteiger partial charge >= 0.3 is 5.97 Å². The van der Waals surface area contributed by atoms with Crippen LogP contribution in [0.4, 0.5) is 0 Å². The summed E-state index contributed by atoms with van der Waals surface area (Å²) in [6.07, 6.45) is 49.1. The van der Waals surface area contributed by atoms with Crippen molar-refractivity contribution < 1.29 is 24.5 Å². The molecule has 0 fully saturated rings. The fraction of sp³-hybridized carbons (Fsp3) is 0.917. The molecule has 0 rings (SSSR count). The molecule has 0 aromatic rings. The summed E-state index contributed by atoms with van der Waals surface area (Å²) in [6.45, 7) is 4.85. The predicted molar refractivity (Wildman–Crippen MR) is 232 cm³/mol. The highest BCUT2D eigenvalue weighted by Crippen LogP contribution is 2.16. The molecule has 320 valence electrons. The summed E-state index contributed by atoms with van der Waals surface area (Å²) in [5, 5.41) is 23.0. The van der Waals surface area contributed by atoms with Crippen LogP contribution in [-0.2, 0) is 14.3 Å². The monoisotopic (exact) mass is 764 g/mol. The summed E-state index contributed by atoms with van der Waals surface area (Å²) >= 11 is 0. The average molecular weight is 764 g/mol. The Bertz CT molecular complexity index is 802. The largest absolute Gasteiger partial charge is 0.466 e. The minimum Gasteiger partial charge on any atom is -0.466 e. The molecule has 0 aromatic carbocycles. The molecule has 3 N–H and O–H groups in total. The Morgan fingerprint density at radius 3 is 1.26 bits per heavy atom.